The molecule has 0 radical (unpaired) electrons. The summed E-state index contributed by atoms with van der Waals surface area (Å²) in [4.78, 5) is 4.81. The van der Waals surface area contributed by atoms with Crippen molar-refractivity contribution in [1.82, 2.24) is 4.98 Å². The van der Waals surface area contributed by atoms with Crippen LogP contribution in [-0.2, 0) is 10.8 Å². The van der Waals surface area contributed by atoms with Crippen LogP contribution in [0.4, 0.5) is 0 Å². The zero-order chi connectivity index (χ0) is 19.3. The first-order valence-corrected chi connectivity index (χ1v) is 9.49. The maximum Gasteiger partial charge on any atom is 0.0780 e. The molecule has 0 saturated carbocycles. The van der Waals surface area contributed by atoms with Crippen molar-refractivity contribution in [2.24, 2.45) is 0 Å². The van der Waals surface area contributed by atoms with Crippen molar-refractivity contribution in [2.45, 2.75) is 66.2 Å². The van der Waals surface area contributed by atoms with Gasteiger partial charge in [-0.05, 0) is 65.5 Å². The maximum absolute atomic E-state index is 4.81. The third kappa shape index (κ3) is 3.53. The van der Waals surface area contributed by atoms with Gasteiger partial charge in [-0.2, -0.15) is 0 Å². The average Bonchev–Trinajstić information content (AvgIpc) is 2.50. The number of aryl methyl sites for hydroxylation is 2. The molecule has 0 aliphatic carbocycles. The van der Waals surface area contributed by atoms with E-state index in [0.29, 0.717) is 0 Å². The molecular formula is C25H31N. The van der Waals surface area contributed by atoms with Crippen LogP contribution in [0.1, 0.15) is 63.8 Å². The number of aromatic nitrogens is 1. The molecule has 0 N–H and O–H groups in total. The van der Waals surface area contributed by atoms with Crippen molar-refractivity contribution in [3.8, 4) is 11.3 Å². The van der Waals surface area contributed by atoms with Gasteiger partial charge >= 0.3 is 0 Å². The molecule has 3 rings (SSSR count). The minimum atomic E-state index is 0.0840. The van der Waals surface area contributed by atoms with E-state index in [-0.39, 0.29) is 10.8 Å². The highest BCUT2D eigenvalue weighted by atomic mass is 14.7. The lowest BCUT2D eigenvalue weighted by molar-refractivity contribution is 0.573. The molecule has 0 unspecified atom stereocenters. The van der Waals surface area contributed by atoms with Crippen LogP contribution in [0, 0.1) is 13.8 Å². The predicted octanol–water partition coefficient (Wildman–Crippen LogP) is 7.11. The van der Waals surface area contributed by atoms with Gasteiger partial charge in [-0.15, -0.1) is 0 Å². The second-order valence-corrected chi connectivity index (χ2v) is 9.65. The summed E-state index contributed by atoms with van der Waals surface area (Å²) in [6.45, 7) is 18.1. The van der Waals surface area contributed by atoms with Crippen molar-refractivity contribution in [3.63, 3.8) is 0 Å². The second-order valence-electron chi connectivity index (χ2n) is 9.65. The van der Waals surface area contributed by atoms with E-state index in [1.807, 2.05) is 6.20 Å². The number of hydrogen-bond acceptors (Lipinski definition) is 1. The standard InChI is InChI=1S/C25H31N/c1-16-11-17(2)13-18(12-16)23-21-14-19(24(3,4)5)15-22(25(6,7)8)20(21)9-10-26-23/h9-15H,1-8H3. The van der Waals surface area contributed by atoms with Crippen molar-refractivity contribution in [3.05, 3.63) is 64.8 Å². The van der Waals surface area contributed by atoms with E-state index in [9.17, 15) is 0 Å². The van der Waals surface area contributed by atoms with E-state index in [1.165, 1.54) is 38.6 Å². The summed E-state index contributed by atoms with van der Waals surface area (Å²) in [5, 5.41) is 2.57. The van der Waals surface area contributed by atoms with E-state index in [2.05, 4.69) is 91.8 Å². The number of benzene rings is 2. The summed E-state index contributed by atoms with van der Waals surface area (Å²) < 4.78 is 0. The molecule has 1 nitrogen and oxygen atoms in total. The highest BCUT2D eigenvalue weighted by Crippen LogP contribution is 2.38. The Balaban J connectivity index is 2.42. The summed E-state index contributed by atoms with van der Waals surface area (Å²) in [7, 11) is 0. The monoisotopic (exact) mass is 345 g/mol. The third-order valence-corrected chi connectivity index (χ3v) is 5.05. The highest BCUT2D eigenvalue weighted by Gasteiger charge is 2.23. The van der Waals surface area contributed by atoms with Crippen molar-refractivity contribution < 1.29 is 0 Å². The van der Waals surface area contributed by atoms with E-state index in [0.717, 1.165) is 5.69 Å². The first-order valence-electron chi connectivity index (χ1n) is 9.49. The zero-order valence-electron chi connectivity index (χ0n) is 17.5. The number of fused-ring (bicyclic) bond motifs is 1. The molecule has 0 spiro atoms. The minimum absolute atomic E-state index is 0.0840. The lowest BCUT2D eigenvalue weighted by Crippen LogP contribution is -2.17. The fraction of sp³-hybridized carbons (Fsp3) is 0.400. The number of rotatable bonds is 1. The van der Waals surface area contributed by atoms with E-state index in [1.54, 1.807) is 0 Å². The Bertz CT molecular complexity index is 946. The van der Waals surface area contributed by atoms with Crippen LogP contribution in [0.3, 0.4) is 0 Å². The van der Waals surface area contributed by atoms with Gasteiger partial charge in [-0.3, -0.25) is 4.98 Å². The molecular weight excluding hydrogens is 314 g/mol. The Hall–Kier alpha value is -2.15. The van der Waals surface area contributed by atoms with Gasteiger partial charge in [0, 0.05) is 17.1 Å². The fourth-order valence-corrected chi connectivity index (χ4v) is 3.68. The van der Waals surface area contributed by atoms with Crippen LogP contribution in [-0.4, -0.2) is 4.98 Å². The Kier molecular flexibility index (Phi) is 4.46. The van der Waals surface area contributed by atoms with Crippen LogP contribution < -0.4 is 0 Å². The van der Waals surface area contributed by atoms with Crippen LogP contribution in [0.25, 0.3) is 22.0 Å². The molecule has 0 aliphatic rings. The van der Waals surface area contributed by atoms with Gasteiger partial charge in [0.15, 0.2) is 0 Å². The Morgan fingerprint density at radius 1 is 0.692 bits per heavy atom. The predicted molar refractivity (Wildman–Crippen MR) is 114 cm³/mol. The maximum atomic E-state index is 4.81. The highest BCUT2D eigenvalue weighted by molar-refractivity contribution is 5.97. The molecule has 1 aromatic heterocycles. The molecule has 0 amide bonds. The molecule has 0 saturated heterocycles. The van der Waals surface area contributed by atoms with Gasteiger partial charge in [0.1, 0.15) is 0 Å². The molecule has 26 heavy (non-hydrogen) atoms. The first kappa shape index (κ1) is 18.6. The van der Waals surface area contributed by atoms with Gasteiger partial charge in [-0.1, -0.05) is 64.8 Å². The van der Waals surface area contributed by atoms with Crippen LogP contribution in [0.5, 0.6) is 0 Å². The largest absolute Gasteiger partial charge is 0.256 e. The summed E-state index contributed by atoms with van der Waals surface area (Å²) in [5.41, 5.74) is 7.81. The molecule has 136 valence electrons. The summed E-state index contributed by atoms with van der Waals surface area (Å²) >= 11 is 0. The topological polar surface area (TPSA) is 12.9 Å². The van der Waals surface area contributed by atoms with E-state index >= 15 is 0 Å². The van der Waals surface area contributed by atoms with Crippen molar-refractivity contribution >= 4 is 10.8 Å². The second kappa shape index (κ2) is 6.23. The Labute approximate surface area is 158 Å². The molecule has 3 aromatic rings. The Morgan fingerprint density at radius 2 is 1.31 bits per heavy atom. The van der Waals surface area contributed by atoms with E-state index < -0.39 is 0 Å². The lowest BCUT2D eigenvalue weighted by Gasteiger charge is -2.27. The van der Waals surface area contributed by atoms with Gasteiger partial charge in [-0.25, -0.2) is 0 Å². The molecule has 0 bridgehead atoms. The molecule has 2 aromatic carbocycles. The van der Waals surface area contributed by atoms with Crippen LogP contribution >= 0.6 is 0 Å². The number of pyridine rings is 1. The normalized spacial score (nSPS) is 12.6. The molecule has 1 heterocycles. The summed E-state index contributed by atoms with van der Waals surface area (Å²) in [6, 6.07) is 13.6. The lowest BCUT2D eigenvalue weighted by atomic mass is 9.78. The number of hydrogen-bond donors (Lipinski definition) is 0. The quantitative estimate of drug-likeness (QED) is 0.458. The summed E-state index contributed by atoms with van der Waals surface area (Å²) in [5.74, 6) is 0. The van der Waals surface area contributed by atoms with Crippen molar-refractivity contribution in [2.75, 3.05) is 0 Å². The third-order valence-electron chi connectivity index (χ3n) is 5.05. The van der Waals surface area contributed by atoms with Gasteiger partial charge in [0.2, 0.25) is 0 Å². The molecule has 0 aliphatic heterocycles. The van der Waals surface area contributed by atoms with Crippen LogP contribution in [0.2, 0.25) is 0 Å². The summed E-state index contributed by atoms with van der Waals surface area (Å²) in [6.07, 6.45) is 1.96. The minimum Gasteiger partial charge on any atom is -0.256 e. The zero-order valence-corrected chi connectivity index (χ0v) is 17.5. The molecule has 1 heteroatoms. The van der Waals surface area contributed by atoms with Crippen LogP contribution in [0.15, 0.2) is 42.6 Å². The molecule has 0 fully saturated rings. The number of nitrogens with zero attached hydrogens (tertiary/aromatic N) is 1. The van der Waals surface area contributed by atoms with Gasteiger partial charge < -0.3 is 0 Å². The molecule has 0 atom stereocenters. The van der Waals surface area contributed by atoms with Crippen molar-refractivity contribution in [1.29, 1.82) is 0 Å². The SMILES string of the molecule is Cc1cc(C)cc(-c2nccc3c(C(C)(C)C)cc(C(C)(C)C)cc23)c1. The first-order chi connectivity index (χ1) is 12.0. The fourth-order valence-electron chi connectivity index (χ4n) is 3.68. The smallest absolute Gasteiger partial charge is 0.0780 e. The van der Waals surface area contributed by atoms with Gasteiger partial charge in [0.25, 0.3) is 0 Å². The van der Waals surface area contributed by atoms with Gasteiger partial charge in [0.05, 0.1) is 5.69 Å². The average molecular weight is 346 g/mol. The Morgan fingerprint density at radius 3 is 1.85 bits per heavy atom. The van der Waals surface area contributed by atoms with E-state index in [4.69, 9.17) is 4.98 Å².